The molecule has 0 saturated carbocycles. The average Bonchev–Trinajstić information content (AvgIpc) is 2.81. The fourth-order valence-corrected chi connectivity index (χ4v) is 3.22. The number of carboxylic acid groups (broad SMARTS) is 1. The number of carbonyl (C=O) groups excluding carboxylic acids is 1. The zero-order valence-corrected chi connectivity index (χ0v) is 13.7. The Morgan fingerprint density at radius 2 is 2.18 bits per heavy atom. The number of ether oxygens (including phenoxy) is 2. The Kier molecular flexibility index (Phi) is 5.02. The van der Waals surface area contributed by atoms with E-state index in [0.29, 0.717) is 18.1 Å². The lowest BCUT2D eigenvalue weighted by molar-refractivity contribution is 0.0630. The van der Waals surface area contributed by atoms with Crippen molar-refractivity contribution in [1.29, 1.82) is 0 Å². The molecule has 8 heteroatoms. The second kappa shape index (κ2) is 6.62. The van der Waals surface area contributed by atoms with Crippen molar-refractivity contribution in [2.24, 2.45) is 0 Å². The van der Waals surface area contributed by atoms with Crippen LogP contribution in [0.5, 0.6) is 0 Å². The highest BCUT2D eigenvalue weighted by Gasteiger charge is 2.27. The van der Waals surface area contributed by atoms with Gasteiger partial charge in [-0.25, -0.2) is 14.6 Å². The molecule has 7 nitrogen and oxygen atoms in total. The number of nitrogens with zero attached hydrogens (tertiary/aromatic N) is 1. The predicted octanol–water partition coefficient (Wildman–Crippen LogP) is 3.08. The van der Waals surface area contributed by atoms with Crippen LogP contribution < -0.4 is 5.32 Å². The van der Waals surface area contributed by atoms with E-state index in [1.165, 1.54) is 0 Å². The number of aromatic nitrogens is 1. The molecule has 0 radical (unpaired) electrons. The number of anilines is 1. The third-order valence-corrected chi connectivity index (χ3v) is 4.13. The average molecular weight is 328 g/mol. The molecule has 0 spiro atoms. The van der Waals surface area contributed by atoms with Gasteiger partial charge in [0.25, 0.3) is 0 Å². The lowest BCUT2D eigenvalue weighted by atomic mass is 9.99. The summed E-state index contributed by atoms with van der Waals surface area (Å²) in [5.41, 5.74) is -0.650. The summed E-state index contributed by atoms with van der Waals surface area (Å²) in [5.74, 6) is -1.10. The first-order valence-electron chi connectivity index (χ1n) is 7.08. The topological polar surface area (TPSA) is 97.8 Å². The van der Waals surface area contributed by atoms with Crippen LogP contribution in [0.4, 0.5) is 9.93 Å². The molecule has 2 rings (SSSR count). The van der Waals surface area contributed by atoms with Crippen molar-refractivity contribution >= 4 is 28.5 Å². The van der Waals surface area contributed by atoms with Gasteiger partial charge in [0.2, 0.25) is 0 Å². The van der Waals surface area contributed by atoms with Crippen molar-refractivity contribution in [2.75, 3.05) is 18.5 Å². The number of amides is 1. The number of aromatic carboxylic acids is 1. The number of thiazole rings is 1. The number of carboxylic acids is 1. The fourth-order valence-electron chi connectivity index (χ4n) is 2.15. The molecule has 1 fully saturated rings. The van der Waals surface area contributed by atoms with Crippen LogP contribution in [0.25, 0.3) is 0 Å². The molecule has 2 heterocycles. The van der Waals surface area contributed by atoms with Crippen LogP contribution in [-0.2, 0) is 9.47 Å². The summed E-state index contributed by atoms with van der Waals surface area (Å²) in [6.45, 7) is 6.43. The van der Waals surface area contributed by atoms with Crippen LogP contribution in [0.15, 0.2) is 0 Å². The molecule has 0 aliphatic carbocycles. The molecule has 1 saturated heterocycles. The molecule has 1 unspecified atom stereocenters. The minimum atomic E-state index is -1.10. The molecule has 0 bridgehead atoms. The van der Waals surface area contributed by atoms with Crippen molar-refractivity contribution in [3.8, 4) is 0 Å². The van der Waals surface area contributed by atoms with Crippen LogP contribution >= 0.6 is 11.3 Å². The third kappa shape index (κ3) is 4.41. The van der Waals surface area contributed by atoms with Gasteiger partial charge in [-0.15, -0.1) is 11.3 Å². The number of rotatable bonds is 3. The van der Waals surface area contributed by atoms with Crippen molar-refractivity contribution in [3.63, 3.8) is 0 Å². The van der Waals surface area contributed by atoms with E-state index in [9.17, 15) is 14.7 Å². The Hall–Kier alpha value is -1.67. The maximum atomic E-state index is 11.8. The van der Waals surface area contributed by atoms with Gasteiger partial charge >= 0.3 is 12.1 Å². The maximum Gasteiger partial charge on any atom is 0.413 e. The van der Waals surface area contributed by atoms with Gasteiger partial charge in [0.15, 0.2) is 10.8 Å². The summed E-state index contributed by atoms with van der Waals surface area (Å²) in [6.07, 6.45) is 1.09. The van der Waals surface area contributed by atoms with Crippen LogP contribution in [-0.4, -0.2) is 41.0 Å². The third-order valence-electron chi connectivity index (χ3n) is 2.99. The minimum Gasteiger partial charge on any atom is -0.476 e. The normalized spacial score (nSPS) is 18.8. The Morgan fingerprint density at radius 1 is 1.45 bits per heavy atom. The number of hydrogen-bond acceptors (Lipinski definition) is 6. The van der Waals surface area contributed by atoms with Gasteiger partial charge in [-0.1, -0.05) is 0 Å². The zero-order valence-electron chi connectivity index (χ0n) is 12.8. The molecule has 1 amide bonds. The monoisotopic (exact) mass is 328 g/mol. The van der Waals surface area contributed by atoms with Gasteiger partial charge in [0, 0.05) is 17.4 Å². The van der Waals surface area contributed by atoms with Gasteiger partial charge in [-0.05, 0) is 33.6 Å². The summed E-state index contributed by atoms with van der Waals surface area (Å²) < 4.78 is 10.5. The Morgan fingerprint density at radius 3 is 2.73 bits per heavy atom. The number of nitrogens with one attached hydrogen (secondary N) is 1. The Balaban J connectivity index is 2.16. The van der Waals surface area contributed by atoms with E-state index in [4.69, 9.17) is 9.47 Å². The summed E-state index contributed by atoms with van der Waals surface area (Å²) >= 11 is 1.16. The summed E-state index contributed by atoms with van der Waals surface area (Å²) in [4.78, 5) is 27.8. The van der Waals surface area contributed by atoms with Gasteiger partial charge < -0.3 is 14.6 Å². The number of hydrogen-bond donors (Lipinski definition) is 2. The summed E-state index contributed by atoms with van der Waals surface area (Å²) in [6, 6.07) is 0. The summed E-state index contributed by atoms with van der Waals surface area (Å²) in [7, 11) is 0. The van der Waals surface area contributed by atoms with Crippen molar-refractivity contribution in [3.05, 3.63) is 10.6 Å². The first-order chi connectivity index (χ1) is 10.3. The number of carbonyl (C=O) groups is 2. The van der Waals surface area contributed by atoms with E-state index >= 15 is 0 Å². The quantitative estimate of drug-likeness (QED) is 0.885. The highest BCUT2D eigenvalue weighted by atomic mass is 32.1. The molecule has 1 atom stereocenters. The van der Waals surface area contributed by atoms with Crippen LogP contribution in [0.1, 0.15) is 54.9 Å². The maximum absolute atomic E-state index is 11.8. The van der Waals surface area contributed by atoms with E-state index in [-0.39, 0.29) is 16.7 Å². The highest BCUT2D eigenvalue weighted by molar-refractivity contribution is 7.16. The Labute approximate surface area is 132 Å². The first-order valence-corrected chi connectivity index (χ1v) is 7.89. The smallest absolute Gasteiger partial charge is 0.413 e. The van der Waals surface area contributed by atoms with Gasteiger partial charge in [0.1, 0.15) is 5.60 Å². The zero-order chi connectivity index (χ0) is 16.3. The largest absolute Gasteiger partial charge is 0.476 e. The van der Waals surface area contributed by atoms with Gasteiger partial charge in [-0.2, -0.15) is 0 Å². The minimum absolute atomic E-state index is 0.00605. The van der Waals surface area contributed by atoms with E-state index in [2.05, 4.69) is 10.3 Å². The SMILES string of the molecule is CC(C)(C)OC(=O)Nc1nc(C(=O)O)c(C2CCCOC2)s1. The molecule has 122 valence electrons. The molecule has 1 aromatic heterocycles. The first kappa shape index (κ1) is 16.7. The van der Waals surface area contributed by atoms with Crippen molar-refractivity contribution in [2.45, 2.75) is 45.1 Å². The van der Waals surface area contributed by atoms with Crippen LogP contribution in [0.2, 0.25) is 0 Å². The lowest BCUT2D eigenvalue weighted by Crippen LogP contribution is -2.27. The van der Waals surface area contributed by atoms with Crippen molar-refractivity contribution < 1.29 is 24.2 Å². The standard InChI is InChI=1S/C14H20N2O5S/c1-14(2,3)21-13(19)16-12-15-9(11(17)18)10(22-12)8-5-4-6-20-7-8/h8H,4-7H2,1-3H3,(H,17,18)(H,15,16,19). The molecule has 1 aliphatic heterocycles. The summed E-state index contributed by atoms with van der Waals surface area (Å²) in [5, 5.41) is 12.0. The lowest BCUT2D eigenvalue weighted by Gasteiger charge is -2.21. The molecule has 22 heavy (non-hydrogen) atoms. The fraction of sp³-hybridized carbons (Fsp3) is 0.643. The molecule has 0 aromatic carbocycles. The highest BCUT2D eigenvalue weighted by Crippen LogP contribution is 2.35. The van der Waals surface area contributed by atoms with E-state index in [1.54, 1.807) is 20.8 Å². The molecular formula is C14H20N2O5S. The molecule has 1 aliphatic rings. The van der Waals surface area contributed by atoms with E-state index in [0.717, 1.165) is 24.2 Å². The van der Waals surface area contributed by atoms with Crippen molar-refractivity contribution in [1.82, 2.24) is 4.98 Å². The molecule has 1 aromatic rings. The second-order valence-electron chi connectivity index (χ2n) is 6.08. The van der Waals surface area contributed by atoms with Crippen LogP contribution in [0.3, 0.4) is 0 Å². The second-order valence-corrected chi connectivity index (χ2v) is 7.11. The molecule has 2 N–H and O–H groups in total. The van der Waals surface area contributed by atoms with E-state index in [1.807, 2.05) is 0 Å². The molecular weight excluding hydrogens is 308 g/mol. The predicted molar refractivity (Wildman–Crippen MR) is 81.7 cm³/mol. The van der Waals surface area contributed by atoms with E-state index < -0.39 is 17.7 Å². The van der Waals surface area contributed by atoms with Crippen LogP contribution in [0, 0.1) is 0 Å². The van der Waals surface area contributed by atoms with Gasteiger partial charge in [0.05, 0.1) is 6.61 Å². The Bertz CT molecular complexity index is 558. The van der Waals surface area contributed by atoms with Gasteiger partial charge in [-0.3, -0.25) is 5.32 Å².